The molecule has 3 nitrogen and oxygen atoms in total. The lowest BCUT2D eigenvalue weighted by atomic mass is 10.2. The van der Waals surface area contributed by atoms with E-state index in [0.29, 0.717) is 10.2 Å². The summed E-state index contributed by atoms with van der Waals surface area (Å²) in [7, 11) is -3.55. The summed E-state index contributed by atoms with van der Waals surface area (Å²) < 4.78 is 27.4. The molecule has 0 bridgehead atoms. The van der Waals surface area contributed by atoms with E-state index in [2.05, 4.69) is 20.7 Å². The monoisotopic (exact) mass is 325 g/mol. The Kier molecular flexibility index (Phi) is 3.73. The smallest absolute Gasteiger partial charge is 0.263 e. The maximum Gasteiger partial charge on any atom is 0.263 e. The van der Waals surface area contributed by atoms with Gasteiger partial charge in [0.2, 0.25) is 0 Å². The number of halogens is 1. The molecule has 0 spiro atoms. The van der Waals surface area contributed by atoms with E-state index < -0.39 is 10.0 Å². The van der Waals surface area contributed by atoms with Crippen molar-refractivity contribution in [3.05, 3.63) is 58.6 Å². The van der Waals surface area contributed by atoms with Crippen molar-refractivity contribution in [2.45, 2.75) is 11.8 Å². The Morgan fingerprint density at radius 2 is 1.61 bits per heavy atom. The molecule has 18 heavy (non-hydrogen) atoms. The first-order valence-electron chi connectivity index (χ1n) is 5.33. The fourth-order valence-electron chi connectivity index (χ4n) is 1.49. The van der Waals surface area contributed by atoms with Crippen LogP contribution in [-0.4, -0.2) is 8.42 Å². The van der Waals surface area contributed by atoms with Crippen molar-refractivity contribution in [1.82, 2.24) is 0 Å². The first-order chi connectivity index (χ1) is 8.49. The Bertz CT molecular complexity index is 651. The number of rotatable bonds is 3. The zero-order valence-corrected chi connectivity index (χ0v) is 12.1. The van der Waals surface area contributed by atoms with Crippen LogP contribution in [0.3, 0.4) is 0 Å². The van der Waals surface area contributed by atoms with Crippen LogP contribution in [0.4, 0.5) is 5.69 Å². The minimum Gasteiger partial charge on any atom is -0.280 e. The number of sulfonamides is 1. The Morgan fingerprint density at radius 1 is 1.00 bits per heavy atom. The number of anilines is 1. The van der Waals surface area contributed by atoms with Gasteiger partial charge in [-0.2, -0.15) is 0 Å². The van der Waals surface area contributed by atoms with Crippen molar-refractivity contribution in [3.8, 4) is 0 Å². The minimum atomic E-state index is -3.55. The zero-order chi connectivity index (χ0) is 13.2. The number of hydrogen-bond acceptors (Lipinski definition) is 2. The fraction of sp³-hybridized carbons (Fsp3) is 0.0769. The highest BCUT2D eigenvalue weighted by Gasteiger charge is 2.16. The van der Waals surface area contributed by atoms with Crippen LogP contribution in [0.1, 0.15) is 5.56 Å². The Labute approximate surface area is 115 Å². The molecule has 0 atom stereocenters. The molecule has 0 aliphatic heterocycles. The maximum atomic E-state index is 12.2. The molecule has 2 aromatic carbocycles. The van der Waals surface area contributed by atoms with E-state index in [4.69, 9.17) is 0 Å². The van der Waals surface area contributed by atoms with E-state index in [1.807, 2.05) is 19.1 Å². The second-order valence-corrected chi connectivity index (χ2v) is 6.41. The Balaban J connectivity index is 2.33. The van der Waals surface area contributed by atoms with Crippen LogP contribution in [0, 0.1) is 6.92 Å². The van der Waals surface area contributed by atoms with E-state index >= 15 is 0 Å². The van der Waals surface area contributed by atoms with Gasteiger partial charge in [0.05, 0.1) is 0 Å². The van der Waals surface area contributed by atoms with E-state index in [1.54, 1.807) is 36.4 Å². The molecule has 0 aliphatic rings. The summed E-state index contributed by atoms with van der Waals surface area (Å²) in [6.45, 7) is 1.95. The highest BCUT2D eigenvalue weighted by molar-refractivity contribution is 9.10. The molecule has 5 heteroatoms. The predicted octanol–water partition coefficient (Wildman–Crippen LogP) is 3.56. The first kappa shape index (κ1) is 13.1. The summed E-state index contributed by atoms with van der Waals surface area (Å²) in [4.78, 5) is 0.227. The first-order valence-corrected chi connectivity index (χ1v) is 7.61. The summed E-state index contributed by atoms with van der Waals surface area (Å²) in [6.07, 6.45) is 0. The lowest BCUT2D eigenvalue weighted by molar-refractivity contribution is 0.601. The quantitative estimate of drug-likeness (QED) is 0.937. The molecule has 0 unspecified atom stereocenters. The third kappa shape index (κ3) is 2.91. The van der Waals surface area contributed by atoms with Gasteiger partial charge in [-0.25, -0.2) is 8.42 Å². The molecule has 0 radical (unpaired) electrons. The van der Waals surface area contributed by atoms with E-state index in [-0.39, 0.29) is 4.90 Å². The van der Waals surface area contributed by atoms with Crippen molar-refractivity contribution in [2.75, 3.05) is 4.72 Å². The van der Waals surface area contributed by atoms with Crippen LogP contribution in [0.25, 0.3) is 0 Å². The van der Waals surface area contributed by atoms with Crippen LogP contribution in [0.2, 0.25) is 0 Å². The summed E-state index contributed by atoms with van der Waals surface area (Å²) >= 11 is 3.24. The van der Waals surface area contributed by atoms with Crippen molar-refractivity contribution < 1.29 is 8.42 Å². The van der Waals surface area contributed by atoms with Crippen LogP contribution in [0.5, 0.6) is 0 Å². The van der Waals surface area contributed by atoms with Gasteiger partial charge in [0.25, 0.3) is 10.0 Å². The van der Waals surface area contributed by atoms with Crippen LogP contribution >= 0.6 is 15.9 Å². The van der Waals surface area contributed by atoms with Gasteiger partial charge in [0.15, 0.2) is 0 Å². The normalized spacial score (nSPS) is 11.2. The van der Waals surface area contributed by atoms with Gasteiger partial charge in [0, 0.05) is 10.2 Å². The Hall–Kier alpha value is -1.33. The standard InChI is InChI=1S/C13H12BrNO2S/c1-10-6-8-11(9-7-10)15-18(16,17)13-5-3-2-4-12(13)14/h2-9,15H,1H3. The maximum absolute atomic E-state index is 12.2. The number of hydrogen-bond donors (Lipinski definition) is 1. The van der Waals surface area contributed by atoms with Gasteiger partial charge < -0.3 is 0 Å². The van der Waals surface area contributed by atoms with E-state index in [9.17, 15) is 8.42 Å². The van der Waals surface area contributed by atoms with E-state index in [1.165, 1.54) is 0 Å². The molecule has 0 saturated carbocycles. The Morgan fingerprint density at radius 3 is 2.22 bits per heavy atom. The molecular formula is C13H12BrNO2S. The summed E-state index contributed by atoms with van der Waals surface area (Å²) in [6, 6.07) is 13.9. The average Bonchev–Trinajstić information content (AvgIpc) is 2.32. The third-order valence-electron chi connectivity index (χ3n) is 2.43. The van der Waals surface area contributed by atoms with Gasteiger partial charge in [0.1, 0.15) is 4.90 Å². The molecule has 0 heterocycles. The second kappa shape index (κ2) is 5.12. The van der Waals surface area contributed by atoms with Gasteiger partial charge in [-0.3, -0.25) is 4.72 Å². The lowest BCUT2D eigenvalue weighted by Crippen LogP contribution is -2.13. The summed E-state index contributed by atoms with van der Waals surface area (Å²) in [5.74, 6) is 0. The number of nitrogens with one attached hydrogen (secondary N) is 1. The SMILES string of the molecule is Cc1ccc(NS(=O)(=O)c2ccccc2Br)cc1. The highest BCUT2D eigenvalue weighted by atomic mass is 79.9. The molecular weight excluding hydrogens is 314 g/mol. The molecule has 2 aromatic rings. The predicted molar refractivity (Wildman–Crippen MR) is 76.1 cm³/mol. The second-order valence-electron chi connectivity index (χ2n) is 3.90. The molecule has 0 amide bonds. The number of aryl methyl sites for hydroxylation is 1. The van der Waals surface area contributed by atoms with Crippen molar-refractivity contribution in [1.29, 1.82) is 0 Å². The molecule has 0 aromatic heterocycles. The average molecular weight is 326 g/mol. The largest absolute Gasteiger partial charge is 0.280 e. The molecule has 94 valence electrons. The number of benzene rings is 2. The summed E-state index contributed by atoms with van der Waals surface area (Å²) in [5.41, 5.74) is 1.63. The van der Waals surface area contributed by atoms with Crippen LogP contribution in [0.15, 0.2) is 57.9 Å². The molecule has 0 aliphatic carbocycles. The highest BCUT2D eigenvalue weighted by Crippen LogP contribution is 2.23. The van der Waals surface area contributed by atoms with Gasteiger partial charge >= 0.3 is 0 Å². The van der Waals surface area contributed by atoms with Gasteiger partial charge in [-0.1, -0.05) is 29.8 Å². The zero-order valence-electron chi connectivity index (χ0n) is 9.72. The molecule has 0 fully saturated rings. The van der Waals surface area contributed by atoms with Gasteiger partial charge in [-0.15, -0.1) is 0 Å². The van der Waals surface area contributed by atoms with Gasteiger partial charge in [-0.05, 0) is 47.1 Å². The molecule has 2 rings (SSSR count). The lowest BCUT2D eigenvalue weighted by Gasteiger charge is -2.09. The van der Waals surface area contributed by atoms with Crippen molar-refractivity contribution in [3.63, 3.8) is 0 Å². The van der Waals surface area contributed by atoms with E-state index in [0.717, 1.165) is 5.56 Å². The van der Waals surface area contributed by atoms with Crippen molar-refractivity contribution in [2.24, 2.45) is 0 Å². The fourth-order valence-corrected chi connectivity index (χ4v) is 3.56. The third-order valence-corrected chi connectivity index (χ3v) is 4.82. The van der Waals surface area contributed by atoms with Crippen molar-refractivity contribution >= 4 is 31.6 Å². The minimum absolute atomic E-state index is 0.227. The molecule has 0 saturated heterocycles. The molecule has 1 N–H and O–H groups in total. The van der Waals surface area contributed by atoms with Crippen LogP contribution in [-0.2, 0) is 10.0 Å². The summed E-state index contributed by atoms with van der Waals surface area (Å²) in [5, 5.41) is 0. The van der Waals surface area contributed by atoms with Crippen LogP contribution < -0.4 is 4.72 Å². The topological polar surface area (TPSA) is 46.2 Å².